The lowest BCUT2D eigenvalue weighted by atomic mass is 9.97. The van der Waals surface area contributed by atoms with Crippen molar-refractivity contribution in [1.82, 2.24) is 9.71 Å². The third-order valence-corrected chi connectivity index (χ3v) is 7.47. The third-order valence-electron chi connectivity index (χ3n) is 6.04. The van der Waals surface area contributed by atoms with E-state index in [4.69, 9.17) is 16.3 Å². The van der Waals surface area contributed by atoms with E-state index in [1.807, 2.05) is 36.4 Å². The zero-order valence-electron chi connectivity index (χ0n) is 18.3. The first-order chi connectivity index (χ1) is 15.9. The molecular weight excluding hydrogens is 456 g/mol. The summed E-state index contributed by atoms with van der Waals surface area (Å²) in [6.45, 7) is 4.21. The van der Waals surface area contributed by atoms with Gasteiger partial charge >= 0.3 is 0 Å². The van der Waals surface area contributed by atoms with Crippen LogP contribution in [-0.4, -0.2) is 15.1 Å². The molecule has 5 nitrogen and oxygen atoms in total. The standard InChI is InChI=1S/C26H23ClN2O3S/c1-15(2)22-12-10-21(26(27)28-22)18-4-3-5-20-19(18)11-13-23(20)32-17-8-6-16(7-9-17)24-14-25(30)29-33(24)31/h3-10,12,14-15,23H,11,13H2,1-2H3,(H,29,30)/t23-,33?/m1/s1. The molecule has 168 valence electrons. The number of aromatic nitrogens is 1. The van der Waals surface area contributed by atoms with Crippen molar-refractivity contribution < 1.29 is 13.7 Å². The Morgan fingerprint density at radius 2 is 1.88 bits per heavy atom. The van der Waals surface area contributed by atoms with Gasteiger partial charge in [0.2, 0.25) is 0 Å². The number of hydrogen-bond donors (Lipinski definition) is 1. The van der Waals surface area contributed by atoms with Crippen LogP contribution in [0, 0.1) is 0 Å². The summed E-state index contributed by atoms with van der Waals surface area (Å²) in [6.07, 6.45) is 3.08. The molecule has 1 N–H and O–H groups in total. The molecule has 0 bridgehead atoms. The topological polar surface area (TPSA) is 68.3 Å². The normalized spacial score (nSPS) is 19.4. The van der Waals surface area contributed by atoms with Crippen LogP contribution in [0.2, 0.25) is 5.15 Å². The van der Waals surface area contributed by atoms with E-state index in [0.717, 1.165) is 46.5 Å². The molecule has 7 heteroatoms. The largest absolute Gasteiger partial charge is 0.486 e. The molecule has 0 spiro atoms. The van der Waals surface area contributed by atoms with E-state index in [-0.39, 0.29) is 12.0 Å². The van der Waals surface area contributed by atoms with E-state index in [9.17, 15) is 9.00 Å². The zero-order valence-corrected chi connectivity index (χ0v) is 19.9. The molecule has 1 aliphatic carbocycles. The maximum Gasteiger partial charge on any atom is 0.257 e. The van der Waals surface area contributed by atoms with Crippen LogP contribution in [0.1, 0.15) is 54.7 Å². The minimum atomic E-state index is -1.50. The van der Waals surface area contributed by atoms with Crippen molar-refractivity contribution in [2.45, 2.75) is 38.7 Å². The Labute approximate surface area is 200 Å². The lowest BCUT2D eigenvalue weighted by molar-refractivity contribution is -0.114. The second-order valence-electron chi connectivity index (χ2n) is 8.52. The molecule has 33 heavy (non-hydrogen) atoms. The van der Waals surface area contributed by atoms with Crippen LogP contribution in [0.5, 0.6) is 5.75 Å². The van der Waals surface area contributed by atoms with Gasteiger partial charge in [-0.2, -0.15) is 0 Å². The molecule has 1 aromatic heterocycles. The number of nitrogens with zero attached hydrogens (tertiary/aromatic N) is 1. The maximum absolute atomic E-state index is 12.0. The van der Waals surface area contributed by atoms with Gasteiger partial charge in [0.1, 0.15) is 17.0 Å². The molecular formula is C26H23ClN2O3S. The van der Waals surface area contributed by atoms with E-state index in [0.29, 0.717) is 16.0 Å². The van der Waals surface area contributed by atoms with Crippen LogP contribution in [-0.2, 0) is 22.2 Å². The number of ether oxygens (including phenoxy) is 1. The molecule has 5 rings (SSSR count). The van der Waals surface area contributed by atoms with Gasteiger partial charge in [0.25, 0.3) is 5.91 Å². The summed E-state index contributed by atoms with van der Waals surface area (Å²) in [4.78, 5) is 16.5. The second kappa shape index (κ2) is 8.76. The van der Waals surface area contributed by atoms with E-state index in [1.54, 1.807) is 0 Å². The van der Waals surface area contributed by atoms with Crippen LogP contribution in [0.25, 0.3) is 16.0 Å². The van der Waals surface area contributed by atoms with Gasteiger partial charge in [-0.3, -0.25) is 9.52 Å². The van der Waals surface area contributed by atoms with E-state index >= 15 is 0 Å². The number of carbonyl (C=O) groups is 1. The molecule has 0 saturated heterocycles. The fourth-order valence-corrected chi connectivity index (χ4v) is 5.54. The predicted octanol–water partition coefficient (Wildman–Crippen LogP) is 5.73. The highest BCUT2D eigenvalue weighted by Crippen LogP contribution is 2.41. The number of rotatable bonds is 5. The molecule has 0 fully saturated rings. The maximum atomic E-state index is 12.0. The monoisotopic (exact) mass is 478 g/mol. The Balaban J connectivity index is 1.39. The first-order valence-electron chi connectivity index (χ1n) is 10.9. The summed E-state index contributed by atoms with van der Waals surface area (Å²) in [5, 5.41) is 0.529. The Bertz CT molecular complexity index is 1300. The van der Waals surface area contributed by atoms with Crippen LogP contribution in [0.4, 0.5) is 0 Å². The zero-order chi connectivity index (χ0) is 23.1. The molecule has 2 atom stereocenters. The number of nitrogens with one attached hydrogen (secondary N) is 1. The Kier molecular flexibility index (Phi) is 5.81. The van der Waals surface area contributed by atoms with E-state index in [2.05, 4.69) is 41.8 Å². The average Bonchev–Trinajstić information content (AvgIpc) is 3.36. The molecule has 0 radical (unpaired) electrons. The second-order valence-corrected chi connectivity index (χ2v) is 10.1. The van der Waals surface area contributed by atoms with Crippen molar-refractivity contribution in [3.8, 4) is 16.9 Å². The number of pyridine rings is 1. The van der Waals surface area contributed by atoms with Gasteiger partial charge in [0.15, 0.2) is 11.0 Å². The first kappa shape index (κ1) is 21.9. The number of hydrogen-bond acceptors (Lipinski definition) is 4. The van der Waals surface area contributed by atoms with Gasteiger partial charge in [0, 0.05) is 17.3 Å². The summed E-state index contributed by atoms with van der Waals surface area (Å²) in [6, 6.07) is 17.7. The van der Waals surface area contributed by atoms with Crippen molar-refractivity contribution in [2.24, 2.45) is 0 Å². The van der Waals surface area contributed by atoms with Crippen molar-refractivity contribution in [3.63, 3.8) is 0 Å². The Hall–Kier alpha value is -2.96. The van der Waals surface area contributed by atoms with Crippen molar-refractivity contribution >= 4 is 33.4 Å². The van der Waals surface area contributed by atoms with Crippen LogP contribution in [0.15, 0.2) is 60.7 Å². The van der Waals surface area contributed by atoms with E-state index < -0.39 is 11.0 Å². The first-order valence-corrected chi connectivity index (χ1v) is 12.4. The molecule has 1 unspecified atom stereocenters. The summed E-state index contributed by atoms with van der Waals surface area (Å²) < 4.78 is 20.7. The van der Waals surface area contributed by atoms with Crippen molar-refractivity contribution in [3.05, 3.63) is 88.2 Å². The van der Waals surface area contributed by atoms with Crippen LogP contribution in [0.3, 0.4) is 0 Å². The smallest absolute Gasteiger partial charge is 0.257 e. The Morgan fingerprint density at radius 1 is 1.09 bits per heavy atom. The van der Waals surface area contributed by atoms with Gasteiger partial charge in [0.05, 0.1) is 4.91 Å². The van der Waals surface area contributed by atoms with Gasteiger partial charge < -0.3 is 4.74 Å². The minimum Gasteiger partial charge on any atom is -0.486 e. The summed E-state index contributed by atoms with van der Waals surface area (Å²) >= 11 is 6.57. The highest BCUT2D eigenvalue weighted by atomic mass is 35.5. The van der Waals surface area contributed by atoms with Gasteiger partial charge in [-0.15, -0.1) is 0 Å². The number of amides is 1. The van der Waals surface area contributed by atoms with Gasteiger partial charge in [-0.05, 0) is 65.3 Å². The summed E-state index contributed by atoms with van der Waals surface area (Å²) in [5.74, 6) is 0.715. The van der Waals surface area contributed by atoms with E-state index in [1.165, 1.54) is 11.6 Å². The van der Waals surface area contributed by atoms with Crippen LogP contribution >= 0.6 is 11.6 Å². The van der Waals surface area contributed by atoms with Crippen molar-refractivity contribution in [2.75, 3.05) is 0 Å². The number of carbonyl (C=O) groups excluding carboxylic acids is 1. The van der Waals surface area contributed by atoms with Crippen LogP contribution < -0.4 is 9.46 Å². The highest BCUT2D eigenvalue weighted by molar-refractivity contribution is 7.93. The quantitative estimate of drug-likeness (QED) is 0.476. The molecule has 2 heterocycles. The summed E-state index contributed by atoms with van der Waals surface area (Å²) in [5.41, 5.74) is 6.18. The summed E-state index contributed by atoms with van der Waals surface area (Å²) in [7, 11) is -1.50. The lowest BCUT2D eigenvalue weighted by Crippen LogP contribution is -2.16. The minimum absolute atomic E-state index is 0.0597. The molecule has 0 saturated carbocycles. The Morgan fingerprint density at radius 3 is 2.55 bits per heavy atom. The lowest BCUT2D eigenvalue weighted by Gasteiger charge is -2.17. The SMILES string of the molecule is CC(C)c1ccc(-c2cccc3c2CC[C@H]3Oc2ccc(C3=CC(=O)NS3=O)cc2)c(Cl)n1. The van der Waals surface area contributed by atoms with Crippen molar-refractivity contribution in [1.29, 1.82) is 0 Å². The van der Waals surface area contributed by atoms with Gasteiger partial charge in [-0.25, -0.2) is 9.19 Å². The number of fused-ring (bicyclic) bond motifs is 1. The number of benzene rings is 2. The number of halogens is 1. The third kappa shape index (κ3) is 4.21. The molecule has 2 aromatic carbocycles. The fourth-order valence-electron chi connectivity index (χ4n) is 4.36. The highest BCUT2D eigenvalue weighted by Gasteiger charge is 2.27. The molecule has 1 aliphatic heterocycles. The fraction of sp³-hybridized carbons (Fsp3) is 0.231. The molecule has 1 amide bonds. The molecule has 3 aromatic rings. The predicted molar refractivity (Wildman–Crippen MR) is 131 cm³/mol. The average molecular weight is 479 g/mol. The molecule has 2 aliphatic rings. The van der Waals surface area contributed by atoms with Gasteiger partial charge in [-0.1, -0.05) is 55.8 Å².